The van der Waals surface area contributed by atoms with Crippen LogP contribution in [0.3, 0.4) is 0 Å². The van der Waals surface area contributed by atoms with Crippen molar-refractivity contribution in [1.82, 2.24) is 5.32 Å². The van der Waals surface area contributed by atoms with Gasteiger partial charge in [0.1, 0.15) is 0 Å². The maximum atomic E-state index is 11.9. The van der Waals surface area contributed by atoms with Crippen molar-refractivity contribution < 1.29 is 19.5 Å². The number of benzene rings is 1. The van der Waals surface area contributed by atoms with Crippen LogP contribution >= 0.6 is 0 Å². The zero-order chi connectivity index (χ0) is 17.4. The molecule has 1 aliphatic carbocycles. The second kappa shape index (κ2) is 9.05. The standard InChI is InChI=1S/C18H24N2O4/c21-16(10-13-4-2-1-3-5-13)19-12-17(22)20-15-8-6-14(7-9-15)11-18(23)24/h6-9,13H,1-5,10-12H2,(H,19,21)(H,20,22)(H,23,24). The Bertz CT molecular complexity index is 577. The molecule has 0 bridgehead atoms. The minimum atomic E-state index is -0.896. The molecule has 0 aromatic heterocycles. The minimum Gasteiger partial charge on any atom is -0.481 e. The van der Waals surface area contributed by atoms with Crippen molar-refractivity contribution >= 4 is 23.5 Å². The lowest BCUT2D eigenvalue weighted by Gasteiger charge is -2.20. The summed E-state index contributed by atoms with van der Waals surface area (Å²) in [6.07, 6.45) is 6.28. The summed E-state index contributed by atoms with van der Waals surface area (Å²) in [7, 11) is 0. The third-order valence-electron chi connectivity index (χ3n) is 4.24. The predicted molar refractivity (Wildman–Crippen MR) is 90.6 cm³/mol. The monoisotopic (exact) mass is 332 g/mol. The zero-order valence-corrected chi connectivity index (χ0v) is 13.7. The second-order valence-electron chi connectivity index (χ2n) is 6.30. The van der Waals surface area contributed by atoms with Crippen molar-refractivity contribution in [2.45, 2.75) is 44.9 Å². The van der Waals surface area contributed by atoms with Crippen LogP contribution in [0.4, 0.5) is 5.69 Å². The Hall–Kier alpha value is -2.37. The molecule has 1 fully saturated rings. The van der Waals surface area contributed by atoms with Crippen LogP contribution in [0.5, 0.6) is 0 Å². The second-order valence-corrected chi connectivity index (χ2v) is 6.30. The van der Waals surface area contributed by atoms with Gasteiger partial charge in [-0.2, -0.15) is 0 Å². The normalized spacial score (nSPS) is 14.8. The number of carboxylic acids is 1. The summed E-state index contributed by atoms with van der Waals surface area (Å²) in [5.41, 5.74) is 1.25. The number of carboxylic acid groups (broad SMARTS) is 1. The predicted octanol–water partition coefficient (Wildman–Crippen LogP) is 2.34. The average Bonchev–Trinajstić information content (AvgIpc) is 2.55. The van der Waals surface area contributed by atoms with Gasteiger partial charge in [0.2, 0.25) is 11.8 Å². The quantitative estimate of drug-likeness (QED) is 0.714. The fraction of sp³-hybridized carbons (Fsp3) is 0.500. The van der Waals surface area contributed by atoms with Crippen molar-refractivity contribution in [3.05, 3.63) is 29.8 Å². The fourth-order valence-electron chi connectivity index (χ4n) is 2.99. The molecule has 24 heavy (non-hydrogen) atoms. The van der Waals surface area contributed by atoms with Crippen molar-refractivity contribution in [3.63, 3.8) is 0 Å². The molecule has 130 valence electrons. The third kappa shape index (κ3) is 6.40. The van der Waals surface area contributed by atoms with Gasteiger partial charge in [0.15, 0.2) is 0 Å². The average molecular weight is 332 g/mol. The van der Waals surface area contributed by atoms with E-state index in [2.05, 4.69) is 10.6 Å². The number of hydrogen-bond donors (Lipinski definition) is 3. The molecule has 2 rings (SSSR count). The summed E-state index contributed by atoms with van der Waals surface area (Å²) in [5, 5.41) is 14.1. The van der Waals surface area contributed by atoms with Crippen molar-refractivity contribution in [1.29, 1.82) is 0 Å². The Morgan fingerprint density at radius 2 is 1.67 bits per heavy atom. The lowest BCUT2D eigenvalue weighted by Crippen LogP contribution is -2.34. The molecule has 0 unspecified atom stereocenters. The number of nitrogens with one attached hydrogen (secondary N) is 2. The number of amides is 2. The van der Waals surface area contributed by atoms with Crippen LogP contribution in [0.2, 0.25) is 0 Å². The zero-order valence-electron chi connectivity index (χ0n) is 13.7. The Labute approximate surface area is 141 Å². The van der Waals surface area contributed by atoms with Crippen LogP contribution in [-0.2, 0) is 20.8 Å². The first-order valence-electron chi connectivity index (χ1n) is 8.40. The smallest absolute Gasteiger partial charge is 0.307 e. The Kier molecular flexibility index (Phi) is 6.78. The number of carbonyl (C=O) groups is 3. The van der Waals surface area contributed by atoms with Crippen molar-refractivity contribution in [2.24, 2.45) is 5.92 Å². The van der Waals surface area contributed by atoms with E-state index in [1.165, 1.54) is 19.3 Å². The molecule has 1 saturated carbocycles. The molecule has 0 aliphatic heterocycles. The molecule has 6 nitrogen and oxygen atoms in total. The highest BCUT2D eigenvalue weighted by molar-refractivity contribution is 5.94. The molecule has 0 saturated heterocycles. The molecule has 1 aromatic carbocycles. The van der Waals surface area contributed by atoms with E-state index >= 15 is 0 Å². The molecule has 1 aliphatic rings. The molecule has 0 atom stereocenters. The van der Waals surface area contributed by atoms with Crippen LogP contribution in [0.15, 0.2) is 24.3 Å². The first kappa shape index (κ1) is 18.0. The first-order chi connectivity index (χ1) is 11.5. The highest BCUT2D eigenvalue weighted by Gasteiger charge is 2.17. The lowest BCUT2D eigenvalue weighted by molar-refractivity contribution is -0.136. The molecule has 2 amide bonds. The summed E-state index contributed by atoms with van der Waals surface area (Å²) < 4.78 is 0. The van der Waals surface area contributed by atoms with E-state index in [1.54, 1.807) is 24.3 Å². The first-order valence-corrected chi connectivity index (χ1v) is 8.40. The van der Waals surface area contributed by atoms with Gasteiger partial charge in [-0.3, -0.25) is 14.4 Å². The minimum absolute atomic E-state index is 0.0501. The summed E-state index contributed by atoms with van der Waals surface area (Å²) in [4.78, 5) is 34.3. The highest BCUT2D eigenvalue weighted by Crippen LogP contribution is 2.25. The van der Waals surface area contributed by atoms with Gasteiger partial charge in [-0.15, -0.1) is 0 Å². The maximum absolute atomic E-state index is 11.9. The molecule has 3 N–H and O–H groups in total. The lowest BCUT2D eigenvalue weighted by atomic mass is 9.87. The maximum Gasteiger partial charge on any atom is 0.307 e. The highest BCUT2D eigenvalue weighted by atomic mass is 16.4. The van der Waals surface area contributed by atoms with Gasteiger partial charge in [-0.25, -0.2) is 0 Å². The van der Waals surface area contributed by atoms with E-state index in [9.17, 15) is 14.4 Å². The molecule has 1 aromatic rings. The molecule has 0 spiro atoms. The van der Waals surface area contributed by atoms with E-state index in [0.717, 1.165) is 12.8 Å². The number of rotatable bonds is 7. The Morgan fingerprint density at radius 3 is 2.29 bits per heavy atom. The van der Waals surface area contributed by atoms with Crippen molar-refractivity contribution in [3.8, 4) is 0 Å². The molecule has 6 heteroatoms. The van der Waals surface area contributed by atoms with Crippen LogP contribution < -0.4 is 10.6 Å². The largest absolute Gasteiger partial charge is 0.481 e. The van der Waals surface area contributed by atoms with Crippen molar-refractivity contribution in [2.75, 3.05) is 11.9 Å². The summed E-state index contributed by atoms with van der Waals surface area (Å²) in [6, 6.07) is 6.62. The Balaban J connectivity index is 1.70. The van der Waals surface area contributed by atoms with Gasteiger partial charge >= 0.3 is 5.97 Å². The van der Waals surface area contributed by atoms with Crippen LogP contribution in [0.25, 0.3) is 0 Å². The number of aliphatic carboxylic acids is 1. The number of carbonyl (C=O) groups excluding carboxylic acids is 2. The van der Waals surface area contributed by atoms with E-state index in [-0.39, 0.29) is 24.8 Å². The van der Waals surface area contributed by atoms with Gasteiger partial charge in [0.05, 0.1) is 13.0 Å². The van der Waals surface area contributed by atoms with Gasteiger partial charge in [-0.05, 0) is 36.5 Å². The van der Waals surface area contributed by atoms with Gasteiger partial charge < -0.3 is 15.7 Å². The van der Waals surface area contributed by atoms with Crippen LogP contribution in [0, 0.1) is 5.92 Å². The Morgan fingerprint density at radius 1 is 1.00 bits per heavy atom. The summed E-state index contributed by atoms with van der Waals surface area (Å²) in [5.74, 6) is -0.817. The molecule has 0 heterocycles. The van der Waals surface area contributed by atoms with E-state index in [4.69, 9.17) is 5.11 Å². The number of hydrogen-bond acceptors (Lipinski definition) is 3. The summed E-state index contributed by atoms with van der Waals surface area (Å²) >= 11 is 0. The summed E-state index contributed by atoms with van der Waals surface area (Å²) in [6.45, 7) is -0.0531. The van der Waals surface area contributed by atoms with E-state index in [1.807, 2.05) is 0 Å². The topological polar surface area (TPSA) is 95.5 Å². The van der Waals surface area contributed by atoms with Crippen LogP contribution in [0.1, 0.15) is 44.1 Å². The SMILES string of the molecule is O=C(O)Cc1ccc(NC(=O)CNC(=O)CC2CCCCC2)cc1. The molecular formula is C18H24N2O4. The van der Waals surface area contributed by atoms with Crippen LogP contribution in [-0.4, -0.2) is 29.4 Å². The fourth-order valence-corrected chi connectivity index (χ4v) is 2.99. The van der Waals surface area contributed by atoms with Gasteiger partial charge in [0.25, 0.3) is 0 Å². The van der Waals surface area contributed by atoms with Gasteiger partial charge in [-0.1, -0.05) is 31.4 Å². The van der Waals surface area contributed by atoms with Gasteiger partial charge in [0, 0.05) is 12.1 Å². The van der Waals surface area contributed by atoms with E-state index in [0.29, 0.717) is 23.6 Å². The van der Waals surface area contributed by atoms with E-state index < -0.39 is 5.97 Å². The molecular weight excluding hydrogens is 308 g/mol. The number of anilines is 1. The molecule has 0 radical (unpaired) electrons. The third-order valence-corrected chi connectivity index (χ3v) is 4.24.